The number of phenolic OH excluding ortho intramolecular Hbond substituents is 1. The van der Waals surface area contributed by atoms with Gasteiger partial charge in [0.15, 0.2) is 0 Å². The molecule has 130 valence electrons. The van der Waals surface area contributed by atoms with Crippen LogP contribution in [0.5, 0.6) is 11.5 Å². The first kappa shape index (κ1) is 18.1. The van der Waals surface area contributed by atoms with Gasteiger partial charge in [-0.3, -0.25) is 4.72 Å². The van der Waals surface area contributed by atoms with Gasteiger partial charge in [-0.1, -0.05) is 19.9 Å². The zero-order valence-corrected chi connectivity index (χ0v) is 15.1. The van der Waals surface area contributed by atoms with Crippen molar-refractivity contribution >= 4 is 15.7 Å². The summed E-state index contributed by atoms with van der Waals surface area (Å²) in [7, 11) is -3.84. The number of nitrogens with one attached hydrogen (secondary N) is 1. The van der Waals surface area contributed by atoms with Crippen LogP contribution in [-0.4, -0.2) is 20.1 Å². The number of ether oxygens (including phenoxy) is 1. The molecule has 0 unspecified atom stereocenters. The van der Waals surface area contributed by atoms with Gasteiger partial charge in [0.1, 0.15) is 16.4 Å². The van der Waals surface area contributed by atoms with Crippen molar-refractivity contribution in [1.82, 2.24) is 0 Å². The Morgan fingerprint density at radius 3 is 2.50 bits per heavy atom. The van der Waals surface area contributed by atoms with E-state index in [9.17, 15) is 13.5 Å². The molecule has 0 aliphatic heterocycles. The van der Waals surface area contributed by atoms with Crippen molar-refractivity contribution in [3.8, 4) is 11.5 Å². The molecule has 0 amide bonds. The van der Waals surface area contributed by atoms with Gasteiger partial charge in [0.05, 0.1) is 12.3 Å². The van der Waals surface area contributed by atoms with Crippen molar-refractivity contribution in [3.05, 3.63) is 47.5 Å². The Morgan fingerprint density at radius 1 is 1.21 bits per heavy atom. The van der Waals surface area contributed by atoms with E-state index >= 15 is 0 Å². The van der Waals surface area contributed by atoms with Crippen LogP contribution in [0, 0.1) is 6.92 Å². The van der Waals surface area contributed by atoms with Crippen molar-refractivity contribution in [3.63, 3.8) is 0 Å². The first-order chi connectivity index (χ1) is 11.2. The Bertz CT molecular complexity index is 829. The molecule has 0 aliphatic carbocycles. The van der Waals surface area contributed by atoms with Crippen LogP contribution in [0.4, 0.5) is 5.69 Å². The monoisotopic (exact) mass is 349 g/mol. The SMILES string of the molecule is CCOc1cc(C)c(C(C)C)cc1S(=O)(=O)Nc1cccc(O)c1. The standard InChI is InChI=1S/C18H23NO4S/c1-5-23-17-9-13(4)16(12(2)3)11-18(17)24(21,22)19-14-7-6-8-15(20)10-14/h6-12,19-20H,5H2,1-4H3. The van der Waals surface area contributed by atoms with Crippen LogP contribution in [0.2, 0.25) is 0 Å². The molecule has 24 heavy (non-hydrogen) atoms. The lowest BCUT2D eigenvalue weighted by Crippen LogP contribution is -2.15. The number of anilines is 1. The zero-order valence-electron chi connectivity index (χ0n) is 14.3. The minimum absolute atomic E-state index is 0.00740. The molecule has 0 atom stereocenters. The largest absolute Gasteiger partial charge is 0.508 e. The molecule has 0 saturated carbocycles. The number of phenols is 1. The molecule has 0 heterocycles. The molecule has 0 radical (unpaired) electrons. The van der Waals surface area contributed by atoms with Crippen molar-refractivity contribution in [2.75, 3.05) is 11.3 Å². The summed E-state index contributed by atoms with van der Waals surface area (Å²) in [6.45, 7) is 8.15. The highest BCUT2D eigenvalue weighted by molar-refractivity contribution is 7.92. The zero-order chi connectivity index (χ0) is 17.9. The summed E-state index contributed by atoms with van der Waals surface area (Å²) in [5.74, 6) is 0.509. The molecule has 2 aromatic carbocycles. The molecular formula is C18H23NO4S. The summed E-state index contributed by atoms with van der Waals surface area (Å²) in [6, 6.07) is 9.41. The first-order valence-electron chi connectivity index (χ1n) is 7.83. The third-order valence-electron chi connectivity index (χ3n) is 3.64. The summed E-state index contributed by atoms with van der Waals surface area (Å²) in [5, 5.41) is 9.51. The summed E-state index contributed by atoms with van der Waals surface area (Å²) < 4.78 is 33.7. The minimum Gasteiger partial charge on any atom is -0.508 e. The van der Waals surface area contributed by atoms with Crippen molar-refractivity contribution in [1.29, 1.82) is 0 Å². The van der Waals surface area contributed by atoms with Gasteiger partial charge in [-0.05, 0) is 55.2 Å². The first-order valence-corrected chi connectivity index (χ1v) is 9.32. The van der Waals surface area contributed by atoms with Gasteiger partial charge < -0.3 is 9.84 Å². The lowest BCUT2D eigenvalue weighted by atomic mass is 9.98. The molecule has 0 aliphatic rings. The summed E-state index contributed by atoms with van der Waals surface area (Å²) >= 11 is 0. The molecule has 0 aromatic heterocycles. The summed E-state index contributed by atoms with van der Waals surface area (Å²) in [4.78, 5) is 0.0991. The van der Waals surface area contributed by atoms with E-state index in [1.165, 1.54) is 12.1 Å². The van der Waals surface area contributed by atoms with E-state index in [-0.39, 0.29) is 16.6 Å². The van der Waals surface area contributed by atoms with Gasteiger partial charge >= 0.3 is 0 Å². The molecular weight excluding hydrogens is 326 g/mol. The van der Waals surface area contributed by atoms with Gasteiger partial charge in [-0.25, -0.2) is 8.42 Å². The van der Waals surface area contributed by atoms with Gasteiger partial charge in [-0.15, -0.1) is 0 Å². The van der Waals surface area contributed by atoms with Crippen LogP contribution < -0.4 is 9.46 Å². The van der Waals surface area contributed by atoms with Crippen molar-refractivity contribution in [2.45, 2.75) is 38.5 Å². The highest BCUT2D eigenvalue weighted by atomic mass is 32.2. The number of sulfonamides is 1. The molecule has 6 heteroatoms. The quantitative estimate of drug-likeness (QED) is 0.826. The highest BCUT2D eigenvalue weighted by Crippen LogP contribution is 2.32. The predicted molar refractivity (Wildman–Crippen MR) is 95.4 cm³/mol. The average Bonchev–Trinajstić information content (AvgIpc) is 2.46. The van der Waals surface area contributed by atoms with E-state index in [0.717, 1.165) is 11.1 Å². The molecule has 2 aromatic rings. The van der Waals surface area contributed by atoms with Crippen LogP contribution >= 0.6 is 0 Å². The molecule has 5 nitrogen and oxygen atoms in total. The topological polar surface area (TPSA) is 75.6 Å². The van der Waals surface area contributed by atoms with Gasteiger partial charge in [0.2, 0.25) is 0 Å². The third-order valence-corrected chi connectivity index (χ3v) is 5.04. The Labute approximate surface area is 143 Å². The maximum atomic E-state index is 12.8. The van der Waals surface area contributed by atoms with Crippen molar-refractivity contribution in [2.24, 2.45) is 0 Å². The number of rotatable bonds is 6. The fourth-order valence-corrected chi connectivity index (χ4v) is 3.77. The van der Waals surface area contributed by atoms with E-state index < -0.39 is 10.0 Å². The van der Waals surface area contributed by atoms with Crippen LogP contribution in [0.3, 0.4) is 0 Å². The molecule has 2 rings (SSSR count). The molecule has 0 spiro atoms. The predicted octanol–water partition coefficient (Wildman–Crippen LogP) is 4.02. The van der Waals surface area contributed by atoms with E-state index in [1.807, 2.05) is 27.7 Å². The molecule has 0 bridgehead atoms. The third kappa shape index (κ3) is 4.00. The van der Waals surface area contributed by atoms with E-state index in [2.05, 4.69) is 4.72 Å². The van der Waals surface area contributed by atoms with E-state index in [1.54, 1.807) is 24.3 Å². The fourth-order valence-electron chi connectivity index (χ4n) is 2.56. The van der Waals surface area contributed by atoms with E-state index in [0.29, 0.717) is 18.0 Å². The Balaban J connectivity index is 2.53. The van der Waals surface area contributed by atoms with E-state index in [4.69, 9.17) is 4.74 Å². The highest BCUT2D eigenvalue weighted by Gasteiger charge is 2.22. The Kier molecular flexibility index (Phi) is 5.39. The van der Waals surface area contributed by atoms with Crippen molar-refractivity contribution < 1.29 is 18.3 Å². The summed E-state index contributed by atoms with van der Waals surface area (Å²) in [6.07, 6.45) is 0. The molecule has 0 saturated heterocycles. The number of aromatic hydroxyl groups is 1. The number of benzene rings is 2. The molecule has 2 N–H and O–H groups in total. The van der Waals surface area contributed by atoms with Crippen LogP contribution in [0.1, 0.15) is 37.8 Å². The maximum Gasteiger partial charge on any atom is 0.265 e. The van der Waals surface area contributed by atoms with Crippen LogP contribution in [0.25, 0.3) is 0 Å². The maximum absolute atomic E-state index is 12.8. The fraction of sp³-hybridized carbons (Fsp3) is 0.333. The lowest BCUT2D eigenvalue weighted by molar-refractivity contribution is 0.330. The average molecular weight is 349 g/mol. The number of aryl methyl sites for hydroxylation is 1. The van der Waals surface area contributed by atoms with Crippen LogP contribution in [0.15, 0.2) is 41.3 Å². The Hall–Kier alpha value is -2.21. The lowest BCUT2D eigenvalue weighted by Gasteiger charge is -2.17. The van der Waals surface area contributed by atoms with Crippen LogP contribution in [-0.2, 0) is 10.0 Å². The second-order valence-electron chi connectivity index (χ2n) is 5.90. The second-order valence-corrected chi connectivity index (χ2v) is 7.55. The smallest absolute Gasteiger partial charge is 0.265 e. The number of hydrogen-bond donors (Lipinski definition) is 2. The van der Waals surface area contributed by atoms with Gasteiger partial charge in [0.25, 0.3) is 10.0 Å². The number of hydrogen-bond acceptors (Lipinski definition) is 4. The Morgan fingerprint density at radius 2 is 1.92 bits per heavy atom. The molecule has 0 fully saturated rings. The normalized spacial score (nSPS) is 11.5. The summed E-state index contributed by atoms with van der Waals surface area (Å²) in [5.41, 5.74) is 2.24. The van der Waals surface area contributed by atoms with Gasteiger partial charge in [0, 0.05) is 6.07 Å². The minimum atomic E-state index is -3.84. The van der Waals surface area contributed by atoms with Gasteiger partial charge in [-0.2, -0.15) is 0 Å². The second kappa shape index (κ2) is 7.13.